The van der Waals surface area contributed by atoms with Gasteiger partial charge in [-0.1, -0.05) is 30.1 Å². The maximum atomic E-state index is 14.2. The summed E-state index contributed by atoms with van der Waals surface area (Å²) in [4.78, 5) is 34.7. The number of non-ortho nitro benzene ring substituents is 1. The first kappa shape index (κ1) is 41.1. The fraction of sp³-hybridized carbons (Fsp3) is 0.535. The molecule has 0 unspecified atom stereocenters. The zero-order chi connectivity index (χ0) is 39.7. The quantitative estimate of drug-likeness (QED) is 0.0379. The normalized spacial score (nSPS) is 25.8. The van der Waals surface area contributed by atoms with Crippen LogP contribution in [0.2, 0.25) is 0 Å². The number of carbonyl (C=O) groups excluding carboxylic acids is 1. The third-order valence-corrected chi connectivity index (χ3v) is 11.5. The van der Waals surface area contributed by atoms with Crippen molar-refractivity contribution < 1.29 is 39.0 Å². The maximum Gasteiger partial charge on any atom is 0.269 e. The van der Waals surface area contributed by atoms with Gasteiger partial charge >= 0.3 is 0 Å². The van der Waals surface area contributed by atoms with Gasteiger partial charge in [-0.15, -0.1) is 6.58 Å². The average molecular weight is 773 g/mol. The number of oxime groups is 1. The number of allylic oxidation sites excluding steroid dienone is 1. The number of ether oxygens (including phenoxy) is 3. The molecule has 0 radical (unpaired) electrons. The van der Waals surface area contributed by atoms with Crippen LogP contribution in [0.4, 0.5) is 5.69 Å². The van der Waals surface area contributed by atoms with E-state index in [0.717, 1.165) is 67.9 Å². The standard InChI is InChI=1S/C43H56N4O9/c1-4-25-54-43-39(45(3)40(50)19-14-30-12-15-32(16-13-30)47(51)52)29-37(44-55-5-2)35-27-31(10-6-8-23-48)34(11-7-9-24-49)41(42(35)43)36-28-33(17-18-38(36)56-43)53-26-22-46-20-21-46/h4,12-19,27-28,31,34,39,41-42,48-49H,1,5-11,20-26,29H2,2-3H3/t31-,34+,39-,41+,42+,43+/m0/s1. The van der Waals surface area contributed by atoms with Crippen LogP contribution in [0.1, 0.15) is 68.9 Å². The fourth-order valence-electron chi connectivity index (χ4n) is 8.69. The Morgan fingerprint density at radius 2 is 1.88 bits per heavy atom. The first-order valence-electron chi connectivity index (χ1n) is 20.0. The van der Waals surface area contributed by atoms with E-state index in [-0.39, 0.29) is 55.6 Å². The molecule has 2 N–H and O–H groups in total. The predicted octanol–water partition coefficient (Wildman–Crippen LogP) is 6.11. The summed E-state index contributed by atoms with van der Waals surface area (Å²) in [6.07, 6.45) is 12.1. The summed E-state index contributed by atoms with van der Waals surface area (Å²) in [6.45, 7) is 10.2. The number of nitrogens with zero attached hydrogens (tertiary/aromatic N) is 4. The zero-order valence-electron chi connectivity index (χ0n) is 32.6. The minimum atomic E-state index is -1.36. The van der Waals surface area contributed by atoms with E-state index in [1.54, 1.807) is 36.2 Å². The van der Waals surface area contributed by atoms with E-state index in [1.165, 1.54) is 18.2 Å². The molecule has 2 aliphatic carbocycles. The molecule has 1 saturated heterocycles. The average Bonchev–Trinajstić information content (AvgIpc) is 4.04. The minimum Gasteiger partial charge on any atom is -0.492 e. The number of likely N-dealkylation sites (N-methyl/N-ethyl adjacent to an activating group) is 1. The summed E-state index contributed by atoms with van der Waals surface area (Å²) in [5.74, 6) is -0.583. The molecule has 6 atom stereocenters. The molecule has 2 aromatic rings. The molecule has 2 aromatic carbocycles. The second kappa shape index (κ2) is 19.1. The SMILES string of the molecule is C=CCO[C@@]12Oc3ccc(OCCN4CC4)cc3[C@H]3[C@H](CCCCO)[C@@H](CCCCO)C=C(C(=NOCC)C[C@@H]1N(C)C(=O)C=Cc1ccc([N+](=O)[O-])cc1)[C@H]32. The Labute approximate surface area is 329 Å². The van der Waals surface area contributed by atoms with E-state index in [4.69, 9.17) is 24.2 Å². The number of benzene rings is 2. The number of fused-ring (bicyclic) bond motifs is 2. The molecular weight excluding hydrogens is 716 g/mol. The van der Waals surface area contributed by atoms with Gasteiger partial charge in [0.15, 0.2) is 0 Å². The monoisotopic (exact) mass is 772 g/mol. The summed E-state index contributed by atoms with van der Waals surface area (Å²) in [5.41, 5.74) is 3.31. The van der Waals surface area contributed by atoms with Gasteiger partial charge in [0.05, 0.1) is 23.2 Å². The number of hydrogen-bond acceptors (Lipinski definition) is 11. The molecule has 0 bridgehead atoms. The Morgan fingerprint density at radius 3 is 2.55 bits per heavy atom. The zero-order valence-corrected chi connectivity index (χ0v) is 32.6. The maximum absolute atomic E-state index is 14.2. The van der Waals surface area contributed by atoms with Gasteiger partial charge in [-0.2, -0.15) is 0 Å². The predicted molar refractivity (Wildman–Crippen MR) is 213 cm³/mol. The Morgan fingerprint density at radius 1 is 1.12 bits per heavy atom. The third kappa shape index (κ3) is 9.18. The molecule has 2 aliphatic heterocycles. The number of unbranched alkanes of at least 4 members (excludes halogenated alkanes) is 2. The molecule has 13 nitrogen and oxygen atoms in total. The number of aliphatic hydroxyl groups excluding tert-OH is 2. The largest absolute Gasteiger partial charge is 0.492 e. The van der Waals surface area contributed by atoms with Gasteiger partial charge in [0.1, 0.15) is 30.8 Å². The Kier molecular flexibility index (Phi) is 14.0. The van der Waals surface area contributed by atoms with Crippen molar-refractivity contribution in [2.24, 2.45) is 22.9 Å². The molecule has 1 saturated carbocycles. The topological polar surface area (TPSA) is 156 Å². The van der Waals surface area contributed by atoms with Gasteiger partial charge in [-0.3, -0.25) is 19.8 Å². The molecule has 1 amide bonds. The van der Waals surface area contributed by atoms with Gasteiger partial charge in [-0.05, 0) is 92.0 Å². The van der Waals surface area contributed by atoms with Crippen LogP contribution in [0.25, 0.3) is 6.08 Å². The van der Waals surface area contributed by atoms with Crippen molar-refractivity contribution in [1.29, 1.82) is 0 Å². The van der Waals surface area contributed by atoms with Crippen molar-refractivity contribution in [2.75, 3.05) is 59.7 Å². The van der Waals surface area contributed by atoms with Crippen LogP contribution in [0, 0.1) is 27.9 Å². The van der Waals surface area contributed by atoms with Gasteiger partial charge in [-0.25, -0.2) is 0 Å². The van der Waals surface area contributed by atoms with Crippen molar-refractivity contribution >= 4 is 23.4 Å². The summed E-state index contributed by atoms with van der Waals surface area (Å²) in [6, 6.07) is 11.3. The molecule has 0 aromatic heterocycles. The highest BCUT2D eigenvalue weighted by atomic mass is 16.7. The molecule has 4 aliphatic rings. The third-order valence-electron chi connectivity index (χ3n) is 11.5. The minimum absolute atomic E-state index is 0.0314. The highest BCUT2D eigenvalue weighted by Gasteiger charge is 2.65. The van der Waals surface area contributed by atoms with Crippen molar-refractivity contribution in [3.05, 3.63) is 94.1 Å². The molecule has 13 heteroatoms. The Bertz CT molecular complexity index is 1770. The van der Waals surface area contributed by atoms with E-state index >= 15 is 0 Å². The highest BCUT2D eigenvalue weighted by Crippen LogP contribution is 2.61. The Balaban J connectivity index is 1.47. The summed E-state index contributed by atoms with van der Waals surface area (Å²) in [5, 5.41) is 35.5. The van der Waals surface area contributed by atoms with Crippen LogP contribution in [0.15, 0.2) is 78.0 Å². The van der Waals surface area contributed by atoms with E-state index in [0.29, 0.717) is 37.4 Å². The van der Waals surface area contributed by atoms with Crippen LogP contribution >= 0.6 is 0 Å². The molecule has 302 valence electrons. The number of carbonyl (C=O) groups is 1. The smallest absolute Gasteiger partial charge is 0.269 e. The van der Waals surface area contributed by atoms with Crippen molar-refractivity contribution in [3.63, 3.8) is 0 Å². The van der Waals surface area contributed by atoms with Gasteiger partial charge in [0.2, 0.25) is 11.7 Å². The van der Waals surface area contributed by atoms with Crippen molar-refractivity contribution in [3.8, 4) is 11.5 Å². The second-order valence-corrected chi connectivity index (χ2v) is 15.0. The number of nitro benzene ring substituents is 1. The second-order valence-electron chi connectivity index (χ2n) is 15.0. The van der Waals surface area contributed by atoms with E-state index in [9.17, 15) is 25.1 Å². The van der Waals surface area contributed by atoms with Crippen molar-refractivity contribution in [1.82, 2.24) is 9.80 Å². The van der Waals surface area contributed by atoms with Crippen LogP contribution in [-0.2, 0) is 14.4 Å². The van der Waals surface area contributed by atoms with Crippen LogP contribution in [0.3, 0.4) is 0 Å². The number of nitro groups is 1. The molecule has 6 rings (SSSR count). The molecule has 2 heterocycles. The highest BCUT2D eigenvalue weighted by molar-refractivity contribution is 6.03. The summed E-state index contributed by atoms with van der Waals surface area (Å²) >= 11 is 0. The van der Waals surface area contributed by atoms with E-state index in [2.05, 4.69) is 23.6 Å². The lowest BCUT2D eigenvalue weighted by molar-refractivity contribution is -0.384. The Hall–Kier alpha value is -4.56. The first-order chi connectivity index (χ1) is 27.2. The summed E-state index contributed by atoms with van der Waals surface area (Å²) in [7, 11) is 1.74. The van der Waals surface area contributed by atoms with Crippen LogP contribution in [-0.4, -0.2) is 108 Å². The van der Waals surface area contributed by atoms with Crippen LogP contribution < -0.4 is 9.47 Å². The first-order valence-corrected chi connectivity index (χ1v) is 20.0. The lowest BCUT2D eigenvalue weighted by atomic mass is 9.55. The lowest BCUT2D eigenvalue weighted by Gasteiger charge is -2.59. The fourth-order valence-corrected chi connectivity index (χ4v) is 8.69. The van der Waals surface area contributed by atoms with E-state index < -0.39 is 22.7 Å². The lowest BCUT2D eigenvalue weighted by Crippen LogP contribution is -2.69. The van der Waals surface area contributed by atoms with Crippen molar-refractivity contribution in [2.45, 2.75) is 69.6 Å². The van der Waals surface area contributed by atoms with E-state index in [1.807, 2.05) is 19.1 Å². The van der Waals surface area contributed by atoms with Gasteiger partial charge in [0.25, 0.3) is 5.69 Å². The number of amides is 1. The van der Waals surface area contributed by atoms with Gasteiger partial charge < -0.3 is 34.2 Å². The van der Waals surface area contributed by atoms with Gasteiger partial charge in [0, 0.05) is 76.0 Å². The molecule has 2 fully saturated rings. The number of rotatable bonds is 21. The molecule has 56 heavy (non-hydrogen) atoms. The van der Waals surface area contributed by atoms with Crippen LogP contribution in [0.5, 0.6) is 11.5 Å². The summed E-state index contributed by atoms with van der Waals surface area (Å²) < 4.78 is 20.4. The number of hydrogen-bond donors (Lipinski definition) is 2. The number of aliphatic hydroxyl groups is 2. The molecule has 0 spiro atoms. The molecular formula is C43H56N4O9.